The lowest BCUT2D eigenvalue weighted by molar-refractivity contribution is 0.262. The second kappa shape index (κ2) is 8.28. The Labute approximate surface area is 169 Å². The Morgan fingerprint density at radius 1 is 1.11 bits per heavy atom. The van der Waals surface area contributed by atoms with E-state index in [2.05, 4.69) is 49.8 Å². The number of fused-ring (bicyclic) bond motifs is 3. The zero-order valence-electron chi connectivity index (χ0n) is 18.1. The van der Waals surface area contributed by atoms with Gasteiger partial charge in [-0.2, -0.15) is 0 Å². The van der Waals surface area contributed by atoms with Gasteiger partial charge in [0, 0.05) is 31.1 Å². The minimum absolute atomic E-state index is 0.446. The van der Waals surface area contributed by atoms with Gasteiger partial charge in [-0.15, -0.1) is 0 Å². The maximum absolute atomic E-state index is 6.19. The van der Waals surface area contributed by atoms with Crippen LogP contribution in [-0.2, 0) is 12.8 Å². The maximum Gasteiger partial charge on any atom is 0.132 e. The van der Waals surface area contributed by atoms with E-state index in [0.29, 0.717) is 6.04 Å². The SMILES string of the molecule is Cc1cc2c3c(c(N(C)C(C)C)nc2cc1OCCCN1CCCC1)CCC3. The third-order valence-electron chi connectivity index (χ3n) is 6.52. The van der Waals surface area contributed by atoms with Crippen LogP contribution in [0.3, 0.4) is 0 Å². The molecule has 0 unspecified atom stereocenters. The van der Waals surface area contributed by atoms with Crippen molar-refractivity contribution in [2.24, 2.45) is 0 Å². The maximum atomic E-state index is 6.19. The second-order valence-corrected chi connectivity index (χ2v) is 8.84. The molecule has 4 heteroatoms. The van der Waals surface area contributed by atoms with Crippen LogP contribution in [0.1, 0.15) is 56.2 Å². The summed E-state index contributed by atoms with van der Waals surface area (Å²) in [5.74, 6) is 2.16. The molecule has 1 aromatic carbocycles. The van der Waals surface area contributed by atoms with E-state index in [4.69, 9.17) is 9.72 Å². The molecule has 2 aromatic rings. The Kier molecular flexibility index (Phi) is 5.77. The van der Waals surface area contributed by atoms with Gasteiger partial charge in [0.25, 0.3) is 0 Å². The molecule has 0 radical (unpaired) electrons. The van der Waals surface area contributed by atoms with E-state index >= 15 is 0 Å². The molecule has 0 spiro atoms. The molecular formula is C24H35N3O. The summed E-state index contributed by atoms with van der Waals surface area (Å²) in [6, 6.07) is 4.93. The Balaban J connectivity index is 1.57. The Morgan fingerprint density at radius 3 is 2.61 bits per heavy atom. The van der Waals surface area contributed by atoms with Crippen LogP contribution in [-0.4, -0.2) is 49.2 Å². The molecule has 0 saturated carbocycles. The van der Waals surface area contributed by atoms with E-state index in [0.717, 1.165) is 37.3 Å². The highest BCUT2D eigenvalue weighted by Gasteiger charge is 2.23. The quantitative estimate of drug-likeness (QED) is 0.648. The normalized spacial score (nSPS) is 16.9. The van der Waals surface area contributed by atoms with E-state index in [1.54, 1.807) is 0 Å². The van der Waals surface area contributed by atoms with Gasteiger partial charge in [-0.25, -0.2) is 4.98 Å². The molecule has 2 aliphatic rings. The van der Waals surface area contributed by atoms with Crippen LogP contribution < -0.4 is 9.64 Å². The van der Waals surface area contributed by atoms with E-state index in [1.165, 1.54) is 66.7 Å². The summed E-state index contributed by atoms with van der Waals surface area (Å²) in [5.41, 5.74) is 5.29. The highest BCUT2D eigenvalue weighted by atomic mass is 16.5. The van der Waals surface area contributed by atoms with Crippen LogP contribution in [0.2, 0.25) is 0 Å². The zero-order chi connectivity index (χ0) is 19.7. The van der Waals surface area contributed by atoms with Crippen molar-refractivity contribution in [2.75, 3.05) is 38.2 Å². The minimum Gasteiger partial charge on any atom is -0.493 e. The number of hydrogen-bond donors (Lipinski definition) is 0. The fourth-order valence-corrected chi connectivity index (χ4v) is 4.65. The van der Waals surface area contributed by atoms with Crippen molar-refractivity contribution in [1.82, 2.24) is 9.88 Å². The van der Waals surface area contributed by atoms with E-state index in [9.17, 15) is 0 Å². The molecule has 4 nitrogen and oxygen atoms in total. The summed E-state index contributed by atoms with van der Waals surface area (Å²) >= 11 is 0. The fraction of sp³-hybridized carbons (Fsp3) is 0.625. The molecule has 152 valence electrons. The van der Waals surface area contributed by atoms with Crippen molar-refractivity contribution in [3.8, 4) is 5.75 Å². The molecule has 4 rings (SSSR count). The number of aryl methyl sites for hydroxylation is 2. The van der Waals surface area contributed by atoms with Crippen LogP contribution >= 0.6 is 0 Å². The van der Waals surface area contributed by atoms with Crippen LogP contribution in [0.4, 0.5) is 5.82 Å². The van der Waals surface area contributed by atoms with Crippen molar-refractivity contribution in [3.05, 3.63) is 28.8 Å². The molecule has 1 aromatic heterocycles. The molecule has 28 heavy (non-hydrogen) atoms. The van der Waals surface area contributed by atoms with Gasteiger partial charge in [0.2, 0.25) is 0 Å². The number of nitrogens with zero attached hydrogens (tertiary/aromatic N) is 3. The van der Waals surface area contributed by atoms with Gasteiger partial charge in [-0.1, -0.05) is 0 Å². The highest BCUT2D eigenvalue weighted by Crippen LogP contribution is 2.37. The number of benzene rings is 1. The van der Waals surface area contributed by atoms with Crippen LogP contribution in [0.15, 0.2) is 12.1 Å². The van der Waals surface area contributed by atoms with Crippen molar-refractivity contribution >= 4 is 16.7 Å². The predicted octanol–water partition coefficient (Wildman–Crippen LogP) is 4.74. The monoisotopic (exact) mass is 381 g/mol. The number of pyridine rings is 1. The molecule has 0 N–H and O–H groups in total. The minimum atomic E-state index is 0.446. The molecule has 1 aliphatic carbocycles. The molecule has 1 fully saturated rings. The Hall–Kier alpha value is -1.81. The summed E-state index contributed by atoms with van der Waals surface area (Å²) in [6.07, 6.45) is 7.36. The summed E-state index contributed by atoms with van der Waals surface area (Å²) in [5, 5.41) is 1.33. The van der Waals surface area contributed by atoms with Gasteiger partial charge in [-0.3, -0.25) is 0 Å². The van der Waals surface area contributed by atoms with Gasteiger partial charge >= 0.3 is 0 Å². The zero-order valence-corrected chi connectivity index (χ0v) is 18.1. The smallest absolute Gasteiger partial charge is 0.132 e. The van der Waals surface area contributed by atoms with Crippen molar-refractivity contribution in [3.63, 3.8) is 0 Å². The number of rotatable bonds is 7. The first kappa shape index (κ1) is 19.5. The topological polar surface area (TPSA) is 28.6 Å². The average Bonchev–Trinajstić information content (AvgIpc) is 3.36. The molecule has 0 bridgehead atoms. The number of aromatic nitrogens is 1. The Morgan fingerprint density at radius 2 is 1.86 bits per heavy atom. The van der Waals surface area contributed by atoms with E-state index in [1.807, 2.05) is 0 Å². The second-order valence-electron chi connectivity index (χ2n) is 8.84. The molecule has 0 atom stereocenters. The lowest BCUT2D eigenvalue weighted by Crippen LogP contribution is -2.27. The van der Waals surface area contributed by atoms with Crippen LogP contribution in [0.25, 0.3) is 10.9 Å². The number of anilines is 1. The first-order valence-corrected chi connectivity index (χ1v) is 11.1. The van der Waals surface area contributed by atoms with Crippen molar-refractivity contribution < 1.29 is 4.74 Å². The summed E-state index contributed by atoms with van der Waals surface area (Å²) in [4.78, 5) is 9.97. The van der Waals surface area contributed by atoms with Gasteiger partial charge < -0.3 is 14.5 Å². The van der Waals surface area contributed by atoms with Gasteiger partial charge in [0.05, 0.1) is 12.1 Å². The number of hydrogen-bond acceptors (Lipinski definition) is 4. The van der Waals surface area contributed by atoms with Gasteiger partial charge in [0.15, 0.2) is 0 Å². The molecule has 1 saturated heterocycles. The van der Waals surface area contributed by atoms with Crippen molar-refractivity contribution in [1.29, 1.82) is 0 Å². The lowest BCUT2D eigenvalue weighted by atomic mass is 10.0. The fourth-order valence-electron chi connectivity index (χ4n) is 4.65. The first-order valence-electron chi connectivity index (χ1n) is 11.1. The van der Waals surface area contributed by atoms with Crippen LogP contribution in [0, 0.1) is 6.92 Å². The summed E-state index contributed by atoms with van der Waals surface area (Å²) < 4.78 is 6.19. The highest BCUT2D eigenvalue weighted by molar-refractivity contribution is 5.88. The largest absolute Gasteiger partial charge is 0.493 e. The van der Waals surface area contributed by atoms with Crippen LogP contribution in [0.5, 0.6) is 5.75 Å². The van der Waals surface area contributed by atoms with E-state index < -0.39 is 0 Å². The summed E-state index contributed by atoms with van der Waals surface area (Å²) in [6.45, 7) is 11.1. The molecule has 1 aliphatic heterocycles. The van der Waals surface area contributed by atoms with Gasteiger partial charge in [-0.05, 0) is 95.1 Å². The number of likely N-dealkylation sites (tertiary alicyclic amines) is 1. The molecule has 2 heterocycles. The molecule has 0 amide bonds. The third-order valence-corrected chi connectivity index (χ3v) is 6.52. The predicted molar refractivity (Wildman–Crippen MR) is 118 cm³/mol. The van der Waals surface area contributed by atoms with Gasteiger partial charge in [0.1, 0.15) is 11.6 Å². The first-order chi connectivity index (χ1) is 13.5. The summed E-state index contributed by atoms with van der Waals surface area (Å²) in [7, 11) is 2.17. The lowest BCUT2D eigenvalue weighted by Gasteiger charge is -2.26. The standard InChI is InChI=1S/C24H35N3O/c1-17(2)26(4)24-20-10-7-9-19(20)21-15-18(3)23(16-22(21)25-24)28-14-8-13-27-11-5-6-12-27/h15-17H,5-14H2,1-4H3. The molecular weight excluding hydrogens is 346 g/mol. The van der Waals surface area contributed by atoms with Crippen molar-refractivity contribution in [2.45, 2.75) is 65.3 Å². The van der Waals surface area contributed by atoms with E-state index in [-0.39, 0.29) is 0 Å². The Bertz CT molecular complexity index is 840. The average molecular weight is 382 g/mol. The number of ether oxygens (including phenoxy) is 1. The third kappa shape index (κ3) is 3.84.